The van der Waals surface area contributed by atoms with Crippen LogP contribution in [-0.4, -0.2) is 35.1 Å². The number of nitroso groups, excluding NO2 is 1. The van der Waals surface area contributed by atoms with E-state index < -0.39 is 25.1 Å². The molecule has 7 nitrogen and oxygen atoms in total. The SMILES string of the molecule is N=C(N)N(CN=O)CC(=O)O. The number of guanidine groups is 1. The highest BCUT2D eigenvalue weighted by Gasteiger charge is 2.09. The molecule has 0 aliphatic carbocycles. The molecule has 0 aromatic heterocycles. The second-order valence-corrected chi connectivity index (χ2v) is 1.75. The smallest absolute Gasteiger partial charge is 0.323 e. The number of carboxylic acid groups (broad SMARTS) is 1. The van der Waals surface area contributed by atoms with Crippen molar-refractivity contribution < 1.29 is 9.90 Å². The third-order valence-corrected chi connectivity index (χ3v) is 0.895. The number of nitrogens with zero attached hydrogens (tertiary/aromatic N) is 2. The predicted octanol–water partition coefficient (Wildman–Crippen LogP) is -1.01. The fraction of sp³-hybridized carbons (Fsp3) is 0.500. The minimum absolute atomic E-state index is 0.415. The fourth-order valence-electron chi connectivity index (χ4n) is 0.444. The van der Waals surface area contributed by atoms with E-state index in [-0.39, 0.29) is 0 Å². The van der Waals surface area contributed by atoms with Gasteiger partial charge in [-0.3, -0.25) is 10.2 Å². The van der Waals surface area contributed by atoms with Crippen LogP contribution in [0.3, 0.4) is 0 Å². The van der Waals surface area contributed by atoms with Crippen molar-refractivity contribution in [3.63, 3.8) is 0 Å². The maximum atomic E-state index is 10.1. The lowest BCUT2D eigenvalue weighted by molar-refractivity contribution is -0.137. The molecule has 0 aliphatic heterocycles. The zero-order valence-corrected chi connectivity index (χ0v) is 5.65. The fourth-order valence-corrected chi connectivity index (χ4v) is 0.444. The quantitative estimate of drug-likeness (QED) is 0.276. The maximum Gasteiger partial charge on any atom is 0.323 e. The van der Waals surface area contributed by atoms with Gasteiger partial charge in [0, 0.05) is 0 Å². The lowest BCUT2D eigenvalue weighted by Crippen LogP contribution is -2.39. The molecule has 0 amide bonds. The predicted molar refractivity (Wildman–Crippen MR) is 36.9 cm³/mol. The number of carbonyl (C=O) groups is 1. The third-order valence-electron chi connectivity index (χ3n) is 0.895. The highest BCUT2D eigenvalue weighted by Crippen LogP contribution is 1.85. The van der Waals surface area contributed by atoms with E-state index in [2.05, 4.69) is 5.18 Å². The Hall–Kier alpha value is -1.66. The molecule has 0 unspecified atom stereocenters. The molecule has 0 saturated heterocycles. The first-order chi connectivity index (χ1) is 5.07. The van der Waals surface area contributed by atoms with E-state index in [4.69, 9.17) is 16.2 Å². The molecule has 0 saturated carbocycles. The maximum absolute atomic E-state index is 10.1. The van der Waals surface area contributed by atoms with Gasteiger partial charge in [-0.25, -0.2) is 0 Å². The Morgan fingerprint density at radius 1 is 1.73 bits per heavy atom. The number of hydrogen-bond acceptors (Lipinski definition) is 4. The molecule has 0 aromatic rings. The van der Waals surface area contributed by atoms with Gasteiger partial charge >= 0.3 is 5.97 Å². The first-order valence-corrected chi connectivity index (χ1v) is 2.67. The number of aliphatic carboxylic acids is 1. The summed E-state index contributed by atoms with van der Waals surface area (Å²) >= 11 is 0. The van der Waals surface area contributed by atoms with Gasteiger partial charge in [0.15, 0.2) is 12.6 Å². The van der Waals surface area contributed by atoms with Crippen molar-refractivity contribution in [2.45, 2.75) is 0 Å². The van der Waals surface area contributed by atoms with E-state index in [1.807, 2.05) is 0 Å². The molecular weight excluding hydrogens is 152 g/mol. The molecule has 0 aromatic carbocycles. The number of rotatable bonds is 4. The first kappa shape index (κ1) is 9.34. The van der Waals surface area contributed by atoms with Gasteiger partial charge in [-0.2, -0.15) is 0 Å². The van der Waals surface area contributed by atoms with Crippen molar-refractivity contribution in [3.05, 3.63) is 4.91 Å². The van der Waals surface area contributed by atoms with Crippen LogP contribution in [0.4, 0.5) is 0 Å². The van der Waals surface area contributed by atoms with E-state index in [0.717, 1.165) is 4.90 Å². The molecule has 0 aliphatic rings. The van der Waals surface area contributed by atoms with Crippen LogP contribution >= 0.6 is 0 Å². The zero-order valence-electron chi connectivity index (χ0n) is 5.65. The summed E-state index contributed by atoms with van der Waals surface area (Å²) in [6.45, 7) is -0.900. The normalized spacial score (nSPS) is 8.73. The second kappa shape index (κ2) is 4.20. The Labute approximate surface area is 62.3 Å². The summed E-state index contributed by atoms with van der Waals surface area (Å²) in [5.74, 6) is -1.64. The van der Waals surface area contributed by atoms with Crippen molar-refractivity contribution in [1.29, 1.82) is 5.41 Å². The number of nitrogens with two attached hydrogens (primary N) is 1. The third kappa shape index (κ3) is 3.84. The molecule has 0 atom stereocenters. The number of nitrogens with one attached hydrogen (secondary N) is 1. The Morgan fingerprint density at radius 2 is 2.27 bits per heavy atom. The summed E-state index contributed by atoms with van der Waals surface area (Å²) in [4.78, 5) is 20.5. The van der Waals surface area contributed by atoms with Crippen LogP contribution in [0.15, 0.2) is 5.18 Å². The van der Waals surface area contributed by atoms with Crippen LogP contribution in [0.2, 0.25) is 0 Å². The van der Waals surface area contributed by atoms with E-state index in [1.165, 1.54) is 0 Å². The van der Waals surface area contributed by atoms with Crippen LogP contribution in [0, 0.1) is 10.3 Å². The van der Waals surface area contributed by atoms with Crippen LogP contribution in [0.1, 0.15) is 0 Å². The number of carboxylic acids is 1. The van der Waals surface area contributed by atoms with E-state index >= 15 is 0 Å². The van der Waals surface area contributed by atoms with Crippen molar-refractivity contribution >= 4 is 11.9 Å². The minimum atomic E-state index is -1.16. The van der Waals surface area contributed by atoms with E-state index in [9.17, 15) is 9.70 Å². The highest BCUT2D eigenvalue weighted by atomic mass is 16.4. The molecule has 11 heavy (non-hydrogen) atoms. The molecular formula is C4H8N4O3. The Balaban J connectivity index is 3.99. The molecule has 4 N–H and O–H groups in total. The zero-order chi connectivity index (χ0) is 8.85. The Bertz CT molecular complexity index is 180. The summed E-state index contributed by atoms with van der Waals surface area (Å²) in [5, 5.41) is 17.4. The molecule has 0 fully saturated rings. The van der Waals surface area contributed by atoms with Crippen molar-refractivity contribution in [2.75, 3.05) is 13.2 Å². The van der Waals surface area contributed by atoms with Gasteiger partial charge in [0.1, 0.15) is 6.54 Å². The van der Waals surface area contributed by atoms with Gasteiger partial charge in [-0.15, -0.1) is 4.91 Å². The first-order valence-electron chi connectivity index (χ1n) is 2.67. The Morgan fingerprint density at radius 3 is 2.55 bits per heavy atom. The van der Waals surface area contributed by atoms with Crippen LogP contribution in [0.25, 0.3) is 0 Å². The average molecular weight is 160 g/mol. The topological polar surface area (TPSA) is 120 Å². The summed E-state index contributed by atoms with van der Waals surface area (Å²) in [6, 6.07) is 0. The lowest BCUT2D eigenvalue weighted by Gasteiger charge is -2.15. The molecule has 0 spiro atoms. The lowest BCUT2D eigenvalue weighted by atomic mass is 10.6. The van der Waals surface area contributed by atoms with Gasteiger partial charge in [0.05, 0.1) is 0 Å². The average Bonchev–Trinajstić information content (AvgIpc) is 1.86. The standard InChI is InChI=1S/C4H8N4O3/c5-4(6)8(2-7-11)1-3(9)10/h1-2H2,(H3,5,6)(H,9,10). The molecule has 0 rings (SSSR count). The van der Waals surface area contributed by atoms with Gasteiger partial charge in [0.2, 0.25) is 0 Å². The van der Waals surface area contributed by atoms with E-state index in [0.29, 0.717) is 0 Å². The molecule has 62 valence electrons. The van der Waals surface area contributed by atoms with Crippen molar-refractivity contribution in [1.82, 2.24) is 4.90 Å². The van der Waals surface area contributed by atoms with Gasteiger partial charge < -0.3 is 15.7 Å². The van der Waals surface area contributed by atoms with Gasteiger partial charge in [-0.05, 0) is 5.18 Å². The summed E-state index contributed by atoms with van der Waals surface area (Å²) in [6.07, 6.45) is 0. The highest BCUT2D eigenvalue weighted by molar-refractivity contribution is 5.80. The minimum Gasteiger partial charge on any atom is -0.480 e. The molecule has 7 heteroatoms. The molecule has 0 bridgehead atoms. The second-order valence-electron chi connectivity index (χ2n) is 1.75. The monoisotopic (exact) mass is 160 g/mol. The number of hydrogen-bond donors (Lipinski definition) is 3. The largest absolute Gasteiger partial charge is 0.480 e. The Kier molecular flexibility index (Phi) is 3.57. The summed E-state index contributed by atoms with van der Waals surface area (Å²) < 4.78 is 0. The van der Waals surface area contributed by atoms with Crippen LogP contribution < -0.4 is 5.73 Å². The van der Waals surface area contributed by atoms with Crippen LogP contribution in [-0.2, 0) is 4.79 Å². The molecule has 0 heterocycles. The van der Waals surface area contributed by atoms with Gasteiger partial charge in [-0.1, -0.05) is 0 Å². The van der Waals surface area contributed by atoms with Crippen molar-refractivity contribution in [2.24, 2.45) is 10.9 Å². The molecule has 0 radical (unpaired) electrons. The van der Waals surface area contributed by atoms with Gasteiger partial charge in [0.25, 0.3) is 0 Å². The summed E-state index contributed by atoms with van der Waals surface area (Å²) in [5.41, 5.74) is 4.92. The summed E-state index contributed by atoms with van der Waals surface area (Å²) in [7, 11) is 0. The van der Waals surface area contributed by atoms with Crippen LogP contribution in [0.5, 0.6) is 0 Å². The van der Waals surface area contributed by atoms with Crippen molar-refractivity contribution in [3.8, 4) is 0 Å². The van der Waals surface area contributed by atoms with E-state index in [1.54, 1.807) is 0 Å².